The summed E-state index contributed by atoms with van der Waals surface area (Å²) in [5.74, 6) is 5.75. The third-order valence-corrected chi connectivity index (χ3v) is 3.86. The topological polar surface area (TPSA) is 51.2 Å². The molecule has 108 valence electrons. The first kappa shape index (κ1) is 14.4. The SMILES string of the molecule is NNC(c1cc2cccc(Cl)c2o1)c1ccc(F)cc1Cl. The number of furan rings is 1. The van der Waals surface area contributed by atoms with Gasteiger partial charge in [0.05, 0.1) is 5.02 Å². The Labute approximate surface area is 130 Å². The monoisotopic (exact) mass is 324 g/mol. The van der Waals surface area contributed by atoms with E-state index in [1.807, 2.05) is 18.2 Å². The van der Waals surface area contributed by atoms with E-state index in [-0.39, 0.29) is 5.02 Å². The number of nitrogens with two attached hydrogens (primary N) is 1. The van der Waals surface area contributed by atoms with Crippen molar-refractivity contribution in [1.82, 2.24) is 5.43 Å². The second-order valence-corrected chi connectivity index (χ2v) is 5.39. The highest BCUT2D eigenvalue weighted by Gasteiger charge is 2.20. The van der Waals surface area contributed by atoms with E-state index in [1.165, 1.54) is 12.1 Å². The molecule has 3 N–H and O–H groups in total. The van der Waals surface area contributed by atoms with Crippen molar-refractivity contribution in [2.24, 2.45) is 5.84 Å². The molecule has 0 spiro atoms. The second-order valence-electron chi connectivity index (χ2n) is 4.57. The summed E-state index contributed by atoms with van der Waals surface area (Å²) in [6, 6.07) is 10.9. The van der Waals surface area contributed by atoms with Crippen LogP contribution in [0.4, 0.5) is 4.39 Å². The number of hydrogen-bond acceptors (Lipinski definition) is 3. The van der Waals surface area contributed by atoms with Crippen molar-refractivity contribution < 1.29 is 8.81 Å². The van der Waals surface area contributed by atoms with E-state index in [2.05, 4.69) is 5.43 Å². The van der Waals surface area contributed by atoms with Gasteiger partial charge in [0.15, 0.2) is 5.58 Å². The van der Waals surface area contributed by atoms with Gasteiger partial charge >= 0.3 is 0 Å². The van der Waals surface area contributed by atoms with Crippen LogP contribution >= 0.6 is 23.2 Å². The lowest BCUT2D eigenvalue weighted by Crippen LogP contribution is -2.28. The summed E-state index contributed by atoms with van der Waals surface area (Å²) in [7, 11) is 0. The van der Waals surface area contributed by atoms with Crippen LogP contribution in [0.1, 0.15) is 17.4 Å². The van der Waals surface area contributed by atoms with Crippen LogP contribution < -0.4 is 11.3 Å². The highest BCUT2D eigenvalue weighted by Crippen LogP contribution is 2.34. The molecule has 1 atom stereocenters. The molecule has 1 unspecified atom stereocenters. The summed E-state index contributed by atoms with van der Waals surface area (Å²) in [5.41, 5.74) is 3.83. The Hall–Kier alpha value is -1.59. The van der Waals surface area contributed by atoms with E-state index >= 15 is 0 Å². The van der Waals surface area contributed by atoms with Crippen LogP contribution in [0.5, 0.6) is 0 Å². The molecule has 6 heteroatoms. The summed E-state index contributed by atoms with van der Waals surface area (Å²) in [4.78, 5) is 0. The molecular formula is C15H11Cl2FN2O. The van der Waals surface area contributed by atoms with Gasteiger partial charge < -0.3 is 4.42 Å². The van der Waals surface area contributed by atoms with Crippen LogP contribution in [0.15, 0.2) is 46.9 Å². The largest absolute Gasteiger partial charge is 0.457 e. The number of para-hydroxylation sites is 1. The molecule has 0 saturated carbocycles. The number of benzene rings is 2. The van der Waals surface area contributed by atoms with Crippen molar-refractivity contribution in [2.75, 3.05) is 0 Å². The Balaban J connectivity index is 2.11. The molecule has 3 rings (SSSR count). The molecule has 0 bridgehead atoms. The fourth-order valence-corrected chi connectivity index (χ4v) is 2.75. The first-order chi connectivity index (χ1) is 10.1. The van der Waals surface area contributed by atoms with Gasteiger partial charge in [-0.25, -0.2) is 9.82 Å². The number of hydrogen-bond donors (Lipinski definition) is 2. The number of rotatable bonds is 3. The smallest absolute Gasteiger partial charge is 0.152 e. The highest BCUT2D eigenvalue weighted by molar-refractivity contribution is 6.34. The van der Waals surface area contributed by atoms with Crippen molar-refractivity contribution in [1.29, 1.82) is 0 Å². The van der Waals surface area contributed by atoms with E-state index in [9.17, 15) is 4.39 Å². The van der Waals surface area contributed by atoms with Crippen LogP contribution in [0, 0.1) is 5.82 Å². The van der Waals surface area contributed by atoms with Gasteiger partial charge in [0.1, 0.15) is 17.6 Å². The van der Waals surface area contributed by atoms with E-state index in [1.54, 1.807) is 12.1 Å². The van der Waals surface area contributed by atoms with Gasteiger partial charge in [-0.1, -0.05) is 41.4 Å². The summed E-state index contributed by atoms with van der Waals surface area (Å²) in [6.45, 7) is 0. The van der Waals surface area contributed by atoms with Crippen molar-refractivity contribution in [3.63, 3.8) is 0 Å². The van der Waals surface area contributed by atoms with Gasteiger partial charge in [-0.3, -0.25) is 5.84 Å². The van der Waals surface area contributed by atoms with Gasteiger partial charge in [0.25, 0.3) is 0 Å². The third-order valence-electron chi connectivity index (χ3n) is 3.24. The minimum atomic E-state index is -0.499. The zero-order valence-corrected chi connectivity index (χ0v) is 12.3. The summed E-state index contributed by atoms with van der Waals surface area (Å²) in [5, 5.41) is 1.64. The molecule has 1 heterocycles. The van der Waals surface area contributed by atoms with Gasteiger partial charge in [-0.15, -0.1) is 0 Å². The van der Waals surface area contributed by atoms with E-state index in [4.69, 9.17) is 33.5 Å². The zero-order valence-electron chi connectivity index (χ0n) is 10.7. The second kappa shape index (κ2) is 5.66. The van der Waals surface area contributed by atoms with E-state index < -0.39 is 11.9 Å². The lowest BCUT2D eigenvalue weighted by atomic mass is 10.0. The molecule has 0 fully saturated rings. The zero-order chi connectivity index (χ0) is 15.0. The Morgan fingerprint density at radius 1 is 1.10 bits per heavy atom. The van der Waals surface area contributed by atoms with Crippen molar-refractivity contribution in [3.8, 4) is 0 Å². The lowest BCUT2D eigenvalue weighted by molar-refractivity contribution is 0.477. The molecular weight excluding hydrogens is 314 g/mol. The number of nitrogens with one attached hydrogen (secondary N) is 1. The van der Waals surface area contributed by atoms with Crippen molar-refractivity contribution in [3.05, 3.63) is 69.7 Å². The maximum atomic E-state index is 13.2. The summed E-state index contributed by atoms with van der Waals surface area (Å²) < 4.78 is 18.9. The summed E-state index contributed by atoms with van der Waals surface area (Å²) >= 11 is 12.2. The predicted molar refractivity (Wildman–Crippen MR) is 81.8 cm³/mol. The first-order valence-electron chi connectivity index (χ1n) is 6.19. The Morgan fingerprint density at radius 2 is 1.90 bits per heavy atom. The number of hydrazine groups is 1. The van der Waals surface area contributed by atoms with E-state index in [0.29, 0.717) is 21.9 Å². The molecule has 3 aromatic rings. The van der Waals surface area contributed by atoms with Crippen LogP contribution in [0.3, 0.4) is 0 Å². The van der Waals surface area contributed by atoms with Gasteiger partial charge in [0, 0.05) is 10.4 Å². The maximum Gasteiger partial charge on any atom is 0.152 e. The van der Waals surface area contributed by atoms with Crippen LogP contribution in [-0.4, -0.2) is 0 Å². The molecule has 0 saturated heterocycles. The van der Waals surface area contributed by atoms with Crippen molar-refractivity contribution >= 4 is 34.2 Å². The Morgan fingerprint density at radius 3 is 2.57 bits per heavy atom. The Bertz CT molecular complexity index is 803. The fourth-order valence-electron chi connectivity index (χ4n) is 2.25. The van der Waals surface area contributed by atoms with Crippen LogP contribution in [-0.2, 0) is 0 Å². The van der Waals surface area contributed by atoms with E-state index in [0.717, 1.165) is 5.39 Å². The average molecular weight is 325 g/mol. The van der Waals surface area contributed by atoms with Crippen molar-refractivity contribution in [2.45, 2.75) is 6.04 Å². The summed E-state index contributed by atoms with van der Waals surface area (Å²) in [6.07, 6.45) is 0. The predicted octanol–water partition coefficient (Wildman–Crippen LogP) is 4.43. The third kappa shape index (κ3) is 2.63. The Kier molecular flexibility index (Phi) is 3.87. The molecule has 21 heavy (non-hydrogen) atoms. The van der Waals surface area contributed by atoms with Gasteiger partial charge in [0.2, 0.25) is 0 Å². The fraction of sp³-hybridized carbons (Fsp3) is 0.0667. The molecule has 1 aromatic heterocycles. The van der Waals surface area contributed by atoms with Gasteiger partial charge in [-0.2, -0.15) is 0 Å². The average Bonchev–Trinajstić information content (AvgIpc) is 2.87. The first-order valence-corrected chi connectivity index (χ1v) is 6.95. The molecule has 0 aliphatic rings. The highest BCUT2D eigenvalue weighted by atomic mass is 35.5. The standard InChI is InChI=1S/C15H11Cl2FN2O/c16-11-3-1-2-8-6-13(21-15(8)11)14(20-19)10-5-4-9(18)7-12(10)17/h1-7,14,20H,19H2. The maximum absolute atomic E-state index is 13.2. The minimum Gasteiger partial charge on any atom is -0.457 e. The molecule has 3 nitrogen and oxygen atoms in total. The molecule has 0 radical (unpaired) electrons. The minimum absolute atomic E-state index is 0.268. The van der Waals surface area contributed by atoms with Gasteiger partial charge in [-0.05, 0) is 29.8 Å². The number of fused-ring (bicyclic) bond motifs is 1. The van der Waals surface area contributed by atoms with Crippen LogP contribution in [0.2, 0.25) is 10.0 Å². The normalized spacial score (nSPS) is 12.8. The molecule has 0 aliphatic carbocycles. The lowest BCUT2D eigenvalue weighted by Gasteiger charge is -2.15. The quantitative estimate of drug-likeness (QED) is 0.553. The molecule has 2 aromatic carbocycles. The molecule has 0 aliphatic heterocycles. The number of halogens is 3. The molecule has 0 amide bonds. The van der Waals surface area contributed by atoms with Crippen LogP contribution in [0.25, 0.3) is 11.0 Å².